The van der Waals surface area contributed by atoms with E-state index >= 15 is 0 Å². The Hall–Kier alpha value is -1.50. The lowest BCUT2D eigenvalue weighted by Crippen LogP contribution is -2.48. The Bertz CT molecular complexity index is 971. The van der Waals surface area contributed by atoms with Gasteiger partial charge in [-0.1, -0.05) is 0 Å². The fourth-order valence-corrected chi connectivity index (χ4v) is 8.64. The van der Waals surface area contributed by atoms with E-state index in [1.54, 1.807) is 0 Å². The highest BCUT2D eigenvalue weighted by molar-refractivity contribution is 7.92. The molecule has 2 atom stereocenters. The summed E-state index contributed by atoms with van der Waals surface area (Å²) in [7, 11) is -6.04. The maximum Gasteiger partial charge on any atom is 0.171 e. The van der Waals surface area contributed by atoms with Gasteiger partial charge in [0.15, 0.2) is 29.9 Å². The first-order chi connectivity index (χ1) is 13.8. The molecule has 0 spiro atoms. The zero-order valence-electron chi connectivity index (χ0n) is 16.8. The molecule has 4 N–H and O–H groups in total. The lowest BCUT2D eigenvalue weighted by molar-refractivity contribution is 0.474. The first kappa shape index (κ1) is 23.2. The summed E-state index contributed by atoms with van der Waals surface area (Å²) >= 11 is 10.6. The molecule has 0 aliphatic carbocycles. The van der Waals surface area contributed by atoms with Crippen LogP contribution in [0.2, 0.25) is 0 Å². The summed E-state index contributed by atoms with van der Waals surface area (Å²) < 4.78 is 46.9. The van der Waals surface area contributed by atoms with Gasteiger partial charge < -0.3 is 21.3 Å². The highest BCUT2D eigenvalue weighted by Gasteiger charge is 2.39. The average Bonchev–Trinajstić information content (AvgIpc) is 3.02. The molecule has 0 unspecified atom stereocenters. The number of thiocarbonyl (C=S) groups is 2. The highest BCUT2D eigenvalue weighted by atomic mass is 32.2. The van der Waals surface area contributed by atoms with Gasteiger partial charge in [-0.05, 0) is 75.4 Å². The van der Waals surface area contributed by atoms with Gasteiger partial charge in [-0.15, -0.1) is 0 Å². The Morgan fingerprint density at radius 1 is 0.767 bits per heavy atom. The van der Waals surface area contributed by atoms with Crippen LogP contribution in [0.4, 0.5) is 11.4 Å². The van der Waals surface area contributed by atoms with Gasteiger partial charge in [0, 0.05) is 11.4 Å². The maximum absolute atomic E-state index is 11.7. The van der Waals surface area contributed by atoms with Crippen LogP contribution in [0.1, 0.15) is 26.7 Å². The maximum atomic E-state index is 11.7. The molecule has 2 fully saturated rings. The van der Waals surface area contributed by atoms with Crippen LogP contribution in [-0.2, 0) is 19.7 Å². The van der Waals surface area contributed by atoms with E-state index in [1.807, 2.05) is 38.1 Å². The normalized spacial score (nSPS) is 29.1. The quantitative estimate of drug-likeness (QED) is 0.462. The molecule has 0 aromatic heterocycles. The molecule has 166 valence electrons. The molecule has 2 aliphatic rings. The van der Waals surface area contributed by atoms with Crippen LogP contribution in [0.3, 0.4) is 0 Å². The summed E-state index contributed by atoms with van der Waals surface area (Å²) in [5, 5.41) is 13.1. The molecule has 0 radical (unpaired) electrons. The molecule has 3 rings (SSSR count). The zero-order chi connectivity index (χ0) is 22.2. The van der Waals surface area contributed by atoms with Crippen LogP contribution in [0, 0.1) is 0 Å². The van der Waals surface area contributed by atoms with Crippen molar-refractivity contribution in [2.24, 2.45) is 0 Å². The van der Waals surface area contributed by atoms with E-state index in [0.717, 1.165) is 11.4 Å². The summed E-state index contributed by atoms with van der Waals surface area (Å²) in [6.07, 6.45) is 1.04. The molecular weight excluding hydrogens is 464 g/mol. The number of rotatable bonds is 4. The topological polar surface area (TPSA) is 116 Å². The number of hydrogen-bond acceptors (Lipinski definition) is 6. The van der Waals surface area contributed by atoms with E-state index in [-0.39, 0.29) is 23.0 Å². The minimum atomic E-state index is -3.02. The predicted octanol–water partition coefficient (Wildman–Crippen LogP) is 1.41. The lowest BCUT2D eigenvalue weighted by atomic mass is 10.0. The van der Waals surface area contributed by atoms with Crippen LogP contribution in [-0.4, -0.2) is 61.1 Å². The Morgan fingerprint density at radius 3 is 1.37 bits per heavy atom. The average molecular weight is 491 g/mol. The van der Waals surface area contributed by atoms with E-state index < -0.39 is 30.8 Å². The van der Waals surface area contributed by atoms with Crippen LogP contribution in [0.15, 0.2) is 24.3 Å². The molecule has 2 heterocycles. The first-order valence-electron chi connectivity index (χ1n) is 9.47. The fraction of sp³-hybridized carbons (Fsp3) is 0.556. The molecule has 8 nitrogen and oxygen atoms in total. The summed E-state index contributed by atoms with van der Waals surface area (Å²) in [5.74, 6) is 0.460. The second kappa shape index (κ2) is 8.21. The van der Waals surface area contributed by atoms with Gasteiger partial charge in [-0.3, -0.25) is 0 Å². The molecule has 12 heteroatoms. The van der Waals surface area contributed by atoms with E-state index in [0.29, 0.717) is 23.1 Å². The third kappa shape index (κ3) is 6.25. The minimum absolute atomic E-state index is 0.0648. The molecule has 30 heavy (non-hydrogen) atoms. The summed E-state index contributed by atoms with van der Waals surface area (Å²) in [4.78, 5) is 0. The Balaban J connectivity index is 1.51. The second-order valence-corrected chi connectivity index (χ2v) is 13.7. The van der Waals surface area contributed by atoms with Gasteiger partial charge >= 0.3 is 0 Å². The number of hydrogen-bond donors (Lipinski definition) is 4. The monoisotopic (exact) mass is 490 g/mol. The summed E-state index contributed by atoms with van der Waals surface area (Å²) in [5.41, 5.74) is 0.364. The van der Waals surface area contributed by atoms with E-state index in [4.69, 9.17) is 24.4 Å². The lowest BCUT2D eigenvalue weighted by Gasteiger charge is -2.26. The Kier molecular flexibility index (Phi) is 6.34. The molecule has 0 saturated carbocycles. The molecular formula is C18H26N4O4S4. The standard InChI is InChI=1S/C18H26N4O4S4/c1-17(7-9-29(23,24)11-17)21-15(27)19-13-3-5-14(6-4-13)20-16(28)22-18(2)8-10-30(25,26)12-18/h3-6H,7-12H2,1-2H3,(H2,19,21,27)(H2,20,22,28)/t17-,18+. The number of nitrogens with one attached hydrogen (secondary N) is 4. The van der Waals surface area contributed by atoms with Crippen molar-refractivity contribution in [2.75, 3.05) is 33.6 Å². The Labute approximate surface area is 188 Å². The number of benzene rings is 1. The van der Waals surface area contributed by atoms with Crippen molar-refractivity contribution in [3.63, 3.8) is 0 Å². The number of sulfone groups is 2. The number of anilines is 2. The molecule has 2 aliphatic heterocycles. The molecule has 2 saturated heterocycles. The van der Waals surface area contributed by atoms with E-state index in [2.05, 4.69) is 21.3 Å². The van der Waals surface area contributed by atoms with Gasteiger partial charge in [-0.2, -0.15) is 0 Å². The Morgan fingerprint density at radius 2 is 1.10 bits per heavy atom. The largest absolute Gasteiger partial charge is 0.356 e. The van der Waals surface area contributed by atoms with Gasteiger partial charge in [0.25, 0.3) is 0 Å². The van der Waals surface area contributed by atoms with Crippen LogP contribution in [0.5, 0.6) is 0 Å². The minimum Gasteiger partial charge on any atom is -0.356 e. The van der Waals surface area contributed by atoms with Gasteiger partial charge in [0.1, 0.15) is 0 Å². The zero-order valence-corrected chi connectivity index (χ0v) is 20.1. The SMILES string of the molecule is C[C@]1(NC(=S)Nc2ccc(NC(=S)N[C@]3(C)CCS(=O)(=O)C3)cc2)CCS(=O)(=O)C1. The van der Waals surface area contributed by atoms with Crippen molar-refractivity contribution in [3.05, 3.63) is 24.3 Å². The van der Waals surface area contributed by atoms with Gasteiger partial charge in [0.2, 0.25) is 0 Å². The van der Waals surface area contributed by atoms with Crippen LogP contribution < -0.4 is 21.3 Å². The molecule has 1 aromatic rings. The van der Waals surface area contributed by atoms with Crippen LogP contribution >= 0.6 is 24.4 Å². The second-order valence-electron chi connectivity index (χ2n) is 8.54. The van der Waals surface area contributed by atoms with Crippen molar-refractivity contribution in [1.82, 2.24) is 10.6 Å². The predicted molar refractivity (Wildman–Crippen MR) is 129 cm³/mol. The van der Waals surface area contributed by atoms with Gasteiger partial charge in [0.05, 0.1) is 34.1 Å². The van der Waals surface area contributed by atoms with E-state index in [9.17, 15) is 16.8 Å². The van der Waals surface area contributed by atoms with E-state index in [1.165, 1.54) is 0 Å². The van der Waals surface area contributed by atoms with Gasteiger partial charge in [-0.25, -0.2) is 16.8 Å². The third-order valence-electron chi connectivity index (χ3n) is 5.24. The molecule has 0 amide bonds. The van der Waals surface area contributed by atoms with Crippen molar-refractivity contribution in [1.29, 1.82) is 0 Å². The molecule has 1 aromatic carbocycles. The molecule has 0 bridgehead atoms. The van der Waals surface area contributed by atoms with Crippen LogP contribution in [0.25, 0.3) is 0 Å². The first-order valence-corrected chi connectivity index (χ1v) is 13.9. The smallest absolute Gasteiger partial charge is 0.171 e. The summed E-state index contributed by atoms with van der Waals surface area (Å²) in [6.45, 7) is 3.70. The highest BCUT2D eigenvalue weighted by Crippen LogP contribution is 2.24. The fourth-order valence-electron chi connectivity index (χ4n) is 3.73. The van der Waals surface area contributed by atoms with Crippen molar-refractivity contribution in [2.45, 2.75) is 37.8 Å². The van der Waals surface area contributed by atoms with Crippen molar-refractivity contribution in [3.8, 4) is 0 Å². The summed E-state index contributed by atoms with van der Waals surface area (Å²) in [6, 6.07) is 7.26. The third-order valence-corrected chi connectivity index (χ3v) is 9.45. The van der Waals surface area contributed by atoms with Crippen molar-refractivity contribution >= 4 is 65.7 Å². The van der Waals surface area contributed by atoms with Crippen molar-refractivity contribution < 1.29 is 16.8 Å².